The molecule has 2 aliphatic rings. The molecule has 25 heavy (non-hydrogen) atoms. The predicted molar refractivity (Wildman–Crippen MR) is 95.8 cm³/mol. The highest BCUT2D eigenvalue weighted by atomic mass is 16.5. The number of nitrogens with one attached hydrogen (secondary N) is 1. The first kappa shape index (κ1) is 18.4. The minimum atomic E-state index is -0.417. The fourth-order valence-electron chi connectivity index (χ4n) is 4.24. The van der Waals surface area contributed by atoms with Crippen molar-refractivity contribution < 1.29 is 9.32 Å². The van der Waals surface area contributed by atoms with Crippen LogP contribution >= 0.6 is 0 Å². The highest BCUT2D eigenvalue weighted by Gasteiger charge is 2.42. The smallest absolute Gasteiger partial charge is 0.240 e. The van der Waals surface area contributed by atoms with Gasteiger partial charge in [0.1, 0.15) is 5.54 Å². The van der Waals surface area contributed by atoms with E-state index in [1.807, 2.05) is 0 Å². The van der Waals surface area contributed by atoms with E-state index in [9.17, 15) is 4.79 Å². The van der Waals surface area contributed by atoms with E-state index in [4.69, 9.17) is 4.52 Å². The van der Waals surface area contributed by atoms with Gasteiger partial charge in [0, 0.05) is 5.92 Å². The van der Waals surface area contributed by atoms with Crippen molar-refractivity contribution in [3.63, 3.8) is 0 Å². The summed E-state index contributed by atoms with van der Waals surface area (Å²) < 4.78 is 5.51. The molecule has 1 N–H and O–H groups in total. The van der Waals surface area contributed by atoms with Gasteiger partial charge in [-0.05, 0) is 38.8 Å². The Balaban J connectivity index is 1.71. The predicted octanol–water partition coefficient (Wildman–Crippen LogP) is 3.38. The van der Waals surface area contributed by atoms with E-state index >= 15 is 0 Å². The fourth-order valence-corrected chi connectivity index (χ4v) is 4.24. The Kier molecular flexibility index (Phi) is 6.10. The first-order chi connectivity index (χ1) is 12.2. The molecule has 0 spiro atoms. The van der Waals surface area contributed by atoms with Crippen molar-refractivity contribution in [2.24, 2.45) is 5.92 Å². The zero-order valence-electron chi connectivity index (χ0n) is 15.7. The number of hydrogen-bond donors (Lipinski definition) is 1. The summed E-state index contributed by atoms with van der Waals surface area (Å²) in [6.07, 6.45) is 9.65. The minimum Gasteiger partial charge on any atom is -0.343 e. The van der Waals surface area contributed by atoms with Gasteiger partial charge >= 0.3 is 0 Å². The van der Waals surface area contributed by atoms with E-state index in [2.05, 4.69) is 34.2 Å². The van der Waals surface area contributed by atoms with Crippen molar-refractivity contribution in [1.29, 1.82) is 0 Å². The molecule has 1 aromatic rings. The van der Waals surface area contributed by atoms with Crippen LogP contribution in [0.25, 0.3) is 0 Å². The first-order valence-corrected chi connectivity index (χ1v) is 10.0. The van der Waals surface area contributed by atoms with Gasteiger partial charge in [0.15, 0.2) is 5.82 Å². The van der Waals surface area contributed by atoms with Crippen LogP contribution in [0.5, 0.6) is 0 Å². The van der Waals surface area contributed by atoms with Crippen molar-refractivity contribution in [2.45, 2.75) is 83.7 Å². The maximum atomic E-state index is 12.8. The maximum absolute atomic E-state index is 12.8. The molecule has 0 aromatic carbocycles. The fraction of sp³-hybridized carbons (Fsp3) is 0.842. The molecule has 1 heterocycles. The molecule has 2 fully saturated rings. The van der Waals surface area contributed by atoms with E-state index in [1.165, 1.54) is 19.3 Å². The number of carbonyl (C=O) groups excluding carboxylic acids is 1. The first-order valence-electron chi connectivity index (χ1n) is 10.0. The molecule has 0 atom stereocenters. The number of hydrogen-bond acceptors (Lipinski definition) is 5. The largest absolute Gasteiger partial charge is 0.343 e. The van der Waals surface area contributed by atoms with Gasteiger partial charge < -0.3 is 9.84 Å². The summed E-state index contributed by atoms with van der Waals surface area (Å²) in [4.78, 5) is 19.7. The van der Waals surface area contributed by atoms with Gasteiger partial charge in [-0.15, -0.1) is 0 Å². The summed E-state index contributed by atoms with van der Waals surface area (Å²) in [5.74, 6) is 1.68. The normalized spacial score (nSPS) is 20.9. The van der Waals surface area contributed by atoms with Crippen LogP contribution in [0.3, 0.4) is 0 Å². The lowest BCUT2D eigenvalue weighted by Gasteiger charge is -2.30. The molecule has 1 amide bonds. The van der Waals surface area contributed by atoms with Gasteiger partial charge in [0.25, 0.3) is 0 Å². The van der Waals surface area contributed by atoms with Gasteiger partial charge in [0.2, 0.25) is 11.8 Å². The Morgan fingerprint density at radius 2 is 1.84 bits per heavy atom. The van der Waals surface area contributed by atoms with Crippen LogP contribution in [0, 0.1) is 5.92 Å². The molecule has 0 saturated heterocycles. The lowest BCUT2D eigenvalue weighted by molar-refractivity contribution is -0.128. The summed E-state index contributed by atoms with van der Waals surface area (Å²) in [5, 5.41) is 7.60. The average molecular weight is 348 g/mol. The summed E-state index contributed by atoms with van der Waals surface area (Å²) in [6, 6.07) is 0. The molecular formula is C19H32N4O2. The number of aromatic nitrogens is 2. The standard InChI is InChI=1S/C19H32N4O2/c1-3-23(4-2)14-16-20-18(22-25-16)19(12-8-9-13-19)21-17(24)15-10-6-5-7-11-15/h15H,3-14H2,1-2H3,(H,21,24). The zero-order valence-corrected chi connectivity index (χ0v) is 15.7. The quantitative estimate of drug-likeness (QED) is 0.818. The maximum Gasteiger partial charge on any atom is 0.240 e. The molecule has 0 radical (unpaired) electrons. The van der Waals surface area contributed by atoms with Crippen LogP contribution in [0.1, 0.15) is 83.3 Å². The van der Waals surface area contributed by atoms with E-state index < -0.39 is 5.54 Å². The van der Waals surface area contributed by atoms with Crippen LogP contribution in [0.4, 0.5) is 0 Å². The summed E-state index contributed by atoms with van der Waals surface area (Å²) >= 11 is 0. The minimum absolute atomic E-state index is 0.160. The Hall–Kier alpha value is -1.43. The Morgan fingerprint density at radius 1 is 1.16 bits per heavy atom. The third kappa shape index (κ3) is 4.22. The van der Waals surface area contributed by atoms with Crippen molar-refractivity contribution in [3.05, 3.63) is 11.7 Å². The van der Waals surface area contributed by atoms with Crippen LogP contribution in [-0.4, -0.2) is 34.0 Å². The molecular weight excluding hydrogens is 316 g/mol. The van der Waals surface area contributed by atoms with Crippen LogP contribution in [0.2, 0.25) is 0 Å². The average Bonchev–Trinajstić information content (AvgIpc) is 3.30. The number of nitrogens with zero attached hydrogens (tertiary/aromatic N) is 3. The van der Waals surface area contributed by atoms with Crippen molar-refractivity contribution in [1.82, 2.24) is 20.4 Å². The number of rotatable bonds is 7. The van der Waals surface area contributed by atoms with Gasteiger partial charge in [-0.25, -0.2) is 0 Å². The van der Waals surface area contributed by atoms with Gasteiger partial charge in [0.05, 0.1) is 6.54 Å². The third-order valence-electron chi connectivity index (χ3n) is 5.94. The second-order valence-electron chi connectivity index (χ2n) is 7.59. The third-order valence-corrected chi connectivity index (χ3v) is 5.94. The van der Waals surface area contributed by atoms with E-state index in [0.29, 0.717) is 18.3 Å². The molecule has 2 saturated carbocycles. The highest BCUT2D eigenvalue weighted by Crippen LogP contribution is 2.38. The molecule has 0 aliphatic heterocycles. The second-order valence-corrected chi connectivity index (χ2v) is 7.59. The zero-order chi connectivity index (χ0) is 17.7. The lowest BCUT2D eigenvalue weighted by atomic mass is 9.87. The van der Waals surface area contributed by atoms with Gasteiger partial charge in [-0.1, -0.05) is 51.1 Å². The van der Waals surface area contributed by atoms with E-state index in [1.54, 1.807) is 0 Å². The molecule has 140 valence electrons. The topological polar surface area (TPSA) is 71.3 Å². The molecule has 2 aliphatic carbocycles. The Morgan fingerprint density at radius 3 is 2.48 bits per heavy atom. The Labute approximate surface area is 150 Å². The van der Waals surface area contributed by atoms with Crippen molar-refractivity contribution >= 4 is 5.91 Å². The summed E-state index contributed by atoms with van der Waals surface area (Å²) in [6.45, 7) is 6.84. The Bertz CT molecular complexity index is 556. The molecule has 0 unspecified atom stereocenters. The number of carbonyl (C=O) groups is 1. The van der Waals surface area contributed by atoms with Crippen LogP contribution < -0.4 is 5.32 Å². The van der Waals surface area contributed by atoms with E-state index in [0.717, 1.165) is 51.6 Å². The van der Waals surface area contributed by atoms with Crippen molar-refractivity contribution in [3.8, 4) is 0 Å². The van der Waals surface area contributed by atoms with Crippen LogP contribution in [0.15, 0.2) is 4.52 Å². The molecule has 3 rings (SSSR count). The second kappa shape index (κ2) is 8.30. The van der Waals surface area contributed by atoms with Crippen molar-refractivity contribution in [2.75, 3.05) is 13.1 Å². The highest BCUT2D eigenvalue weighted by molar-refractivity contribution is 5.79. The molecule has 0 bridgehead atoms. The molecule has 6 nitrogen and oxygen atoms in total. The van der Waals surface area contributed by atoms with Gasteiger partial charge in [-0.3, -0.25) is 9.69 Å². The number of amides is 1. The summed E-state index contributed by atoms with van der Waals surface area (Å²) in [5.41, 5.74) is -0.417. The molecule has 6 heteroatoms. The monoisotopic (exact) mass is 348 g/mol. The SMILES string of the molecule is CCN(CC)Cc1nc(C2(NC(=O)C3CCCCC3)CCCC2)no1. The molecule has 1 aromatic heterocycles. The summed E-state index contributed by atoms with van der Waals surface area (Å²) in [7, 11) is 0. The van der Waals surface area contributed by atoms with Gasteiger partial charge in [-0.2, -0.15) is 4.98 Å². The van der Waals surface area contributed by atoms with E-state index in [-0.39, 0.29) is 11.8 Å². The lowest BCUT2D eigenvalue weighted by Crippen LogP contribution is -2.47. The van der Waals surface area contributed by atoms with Crippen LogP contribution in [-0.2, 0) is 16.9 Å².